The van der Waals surface area contributed by atoms with E-state index in [1.165, 1.54) is 24.3 Å². The largest absolute Gasteiger partial charge is 0.493 e. The minimum Gasteiger partial charge on any atom is -0.493 e. The van der Waals surface area contributed by atoms with Gasteiger partial charge in [-0.25, -0.2) is 4.39 Å². The molecule has 1 aromatic heterocycles. The highest BCUT2D eigenvalue weighted by Crippen LogP contribution is 2.33. The molecule has 0 N–H and O–H groups in total. The summed E-state index contributed by atoms with van der Waals surface area (Å²) in [4.78, 5) is 12.4. The maximum atomic E-state index is 13.0. The lowest BCUT2D eigenvalue weighted by Gasteiger charge is -2.08. The van der Waals surface area contributed by atoms with Gasteiger partial charge >= 0.3 is 0 Å². The number of benzene rings is 2. The highest BCUT2D eigenvalue weighted by atomic mass is 32.2. The zero-order valence-electron chi connectivity index (χ0n) is 14.9. The Hall–Kier alpha value is -2.87. The first-order chi connectivity index (χ1) is 13.0. The van der Waals surface area contributed by atoms with E-state index in [0.29, 0.717) is 28.5 Å². The van der Waals surface area contributed by atoms with Crippen molar-refractivity contribution in [1.29, 1.82) is 0 Å². The van der Waals surface area contributed by atoms with Crippen LogP contribution in [0.15, 0.2) is 52.1 Å². The standard InChI is InChI=1S/C19H17FN2O4S/c1-11(17(23)12-4-7-14(20)8-5-12)27-19-22-21-18(26-19)13-6-9-15(24-2)16(10-13)25-3/h4-11H,1-3H3. The third-order valence-corrected chi connectivity index (χ3v) is 4.75. The molecule has 0 saturated carbocycles. The Bertz CT molecular complexity index is 943. The molecule has 140 valence electrons. The minimum absolute atomic E-state index is 0.147. The molecular weight excluding hydrogens is 371 g/mol. The maximum absolute atomic E-state index is 13.0. The topological polar surface area (TPSA) is 74.5 Å². The molecular formula is C19H17FN2O4S. The summed E-state index contributed by atoms with van der Waals surface area (Å²) in [5, 5.41) is 7.80. The lowest BCUT2D eigenvalue weighted by Crippen LogP contribution is -2.13. The number of aromatic nitrogens is 2. The Morgan fingerprint density at radius 2 is 1.78 bits per heavy atom. The molecule has 0 aliphatic heterocycles. The predicted molar refractivity (Wildman–Crippen MR) is 98.9 cm³/mol. The Morgan fingerprint density at radius 3 is 2.44 bits per heavy atom. The van der Waals surface area contributed by atoms with Gasteiger partial charge in [-0.1, -0.05) is 11.8 Å². The third kappa shape index (κ3) is 4.28. The van der Waals surface area contributed by atoms with Gasteiger partial charge in [-0.15, -0.1) is 10.2 Å². The summed E-state index contributed by atoms with van der Waals surface area (Å²) in [6.07, 6.45) is 0. The SMILES string of the molecule is COc1ccc(-c2nnc(SC(C)C(=O)c3ccc(F)cc3)o2)cc1OC. The molecule has 2 aromatic carbocycles. The van der Waals surface area contributed by atoms with Gasteiger partial charge in [-0.3, -0.25) is 4.79 Å². The fourth-order valence-electron chi connectivity index (χ4n) is 2.40. The third-order valence-electron chi connectivity index (χ3n) is 3.81. The van der Waals surface area contributed by atoms with Crippen molar-refractivity contribution in [2.45, 2.75) is 17.4 Å². The van der Waals surface area contributed by atoms with Gasteiger partial charge in [0.05, 0.1) is 19.5 Å². The molecule has 1 atom stereocenters. The van der Waals surface area contributed by atoms with Crippen LogP contribution < -0.4 is 9.47 Å². The molecule has 0 fully saturated rings. The normalized spacial score (nSPS) is 11.9. The summed E-state index contributed by atoms with van der Waals surface area (Å²) < 4.78 is 29.1. The van der Waals surface area contributed by atoms with E-state index in [2.05, 4.69) is 10.2 Å². The fourth-order valence-corrected chi connectivity index (χ4v) is 3.16. The number of methoxy groups -OCH3 is 2. The van der Waals surface area contributed by atoms with Crippen LogP contribution in [0.1, 0.15) is 17.3 Å². The van der Waals surface area contributed by atoms with Crippen LogP contribution in [-0.2, 0) is 0 Å². The second-order valence-electron chi connectivity index (χ2n) is 5.57. The Kier molecular flexibility index (Phi) is 5.75. The van der Waals surface area contributed by atoms with E-state index in [-0.39, 0.29) is 16.8 Å². The zero-order valence-corrected chi connectivity index (χ0v) is 15.7. The molecule has 1 heterocycles. The molecule has 0 bridgehead atoms. The number of carbonyl (C=O) groups excluding carboxylic acids is 1. The first kappa shape index (κ1) is 18.9. The van der Waals surface area contributed by atoms with Crippen LogP contribution >= 0.6 is 11.8 Å². The van der Waals surface area contributed by atoms with Crippen molar-refractivity contribution >= 4 is 17.5 Å². The van der Waals surface area contributed by atoms with E-state index < -0.39 is 5.25 Å². The van der Waals surface area contributed by atoms with Crippen molar-refractivity contribution < 1.29 is 23.1 Å². The second-order valence-corrected chi connectivity index (χ2v) is 6.87. The molecule has 27 heavy (non-hydrogen) atoms. The van der Waals surface area contributed by atoms with E-state index in [1.54, 1.807) is 39.3 Å². The van der Waals surface area contributed by atoms with E-state index in [4.69, 9.17) is 13.9 Å². The lowest BCUT2D eigenvalue weighted by molar-refractivity contribution is 0.0993. The monoisotopic (exact) mass is 388 g/mol. The first-order valence-corrected chi connectivity index (χ1v) is 8.92. The summed E-state index contributed by atoms with van der Waals surface area (Å²) in [7, 11) is 3.10. The molecule has 0 aliphatic rings. The second kappa shape index (κ2) is 8.22. The summed E-state index contributed by atoms with van der Waals surface area (Å²) in [5.41, 5.74) is 1.10. The number of carbonyl (C=O) groups is 1. The van der Waals surface area contributed by atoms with Crippen LogP contribution in [0.5, 0.6) is 11.5 Å². The number of halogens is 1. The summed E-state index contributed by atoms with van der Waals surface area (Å²) >= 11 is 1.14. The molecule has 0 amide bonds. The molecule has 3 aromatic rings. The number of thioether (sulfide) groups is 1. The number of nitrogens with zero attached hydrogens (tertiary/aromatic N) is 2. The smallest absolute Gasteiger partial charge is 0.277 e. The average molecular weight is 388 g/mol. The van der Waals surface area contributed by atoms with Crippen LogP contribution in [0.2, 0.25) is 0 Å². The number of hydrogen-bond acceptors (Lipinski definition) is 7. The van der Waals surface area contributed by atoms with Crippen molar-refractivity contribution in [1.82, 2.24) is 10.2 Å². The van der Waals surface area contributed by atoms with Gasteiger partial charge in [0, 0.05) is 11.1 Å². The molecule has 1 unspecified atom stereocenters. The van der Waals surface area contributed by atoms with Gasteiger partial charge in [-0.05, 0) is 49.4 Å². The van der Waals surface area contributed by atoms with Crippen LogP contribution in [-0.4, -0.2) is 35.5 Å². The maximum Gasteiger partial charge on any atom is 0.277 e. The van der Waals surface area contributed by atoms with E-state index in [0.717, 1.165) is 11.8 Å². The quantitative estimate of drug-likeness (QED) is 0.442. The van der Waals surface area contributed by atoms with Crippen LogP contribution in [0.3, 0.4) is 0 Å². The Morgan fingerprint density at radius 1 is 1.07 bits per heavy atom. The molecule has 3 rings (SSSR count). The van der Waals surface area contributed by atoms with Gasteiger partial charge in [0.1, 0.15) is 5.82 Å². The van der Waals surface area contributed by atoms with Crippen molar-refractivity contribution in [3.05, 3.63) is 53.8 Å². The summed E-state index contributed by atoms with van der Waals surface area (Å²) in [6, 6.07) is 10.7. The molecule has 0 saturated heterocycles. The van der Waals surface area contributed by atoms with E-state index in [1.807, 2.05) is 0 Å². The van der Waals surface area contributed by atoms with Gasteiger partial charge < -0.3 is 13.9 Å². The first-order valence-electron chi connectivity index (χ1n) is 8.04. The van der Waals surface area contributed by atoms with Gasteiger partial charge in [0.15, 0.2) is 17.3 Å². The summed E-state index contributed by atoms with van der Waals surface area (Å²) in [5.74, 6) is 0.908. The average Bonchev–Trinajstić information content (AvgIpc) is 3.15. The zero-order chi connectivity index (χ0) is 19.4. The summed E-state index contributed by atoms with van der Waals surface area (Å²) in [6.45, 7) is 1.73. The fraction of sp³-hybridized carbons (Fsp3) is 0.211. The van der Waals surface area contributed by atoms with E-state index >= 15 is 0 Å². The number of rotatable bonds is 7. The van der Waals surface area contributed by atoms with Crippen LogP contribution in [0.4, 0.5) is 4.39 Å². The molecule has 0 aliphatic carbocycles. The molecule has 0 spiro atoms. The molecule has 6 nitrogen and oxygen atoms in total. The Labute approximate surface area is 159 Å². The van der Waals surface area contributed by atoms with Gasteiger partial charge in [0.25, 0.3) is 5.22 Å². The van der Waals surface area contributed by atoms with E-state index in [9.17, 15) is 9.18 Å². The van der Waals surface area contributed by atoms with Crippen LogP contribution in [0.25, 0.3) is 11.5 Å². The number of Topliss-reactive ketones (excluding diaryl/α,β-unsaturated/α-hetero) is 1. The highest BCUT2D eigenvalue weighted by molar-refractivity contribution is 8.00. The lowest BCUT2D eigenvalue weighted by atomic mass is 10.1. The van der Waals surface area contributed by atoms with Gasteiger partial charge in [-0.2, -0.15) is 0 Å². The highest BCUT2D eigenvalue weighted by Gasteiger charge is 2.20. The number of hydrogen-bond donors (Lipinski definition) is 0. The van der Waals surface area contributed by atoms with Crippen molar-refractivity contribution in [2.75, 3.05) is 14.2 Å². The Balaban J connectivity index is 1.74. The predicted octanol–water partition coefficient (Wildman–Crippen LogP) is 4.26. The number of ketones is 1. The van der Waals surface area contributed by atoms with Crippen molar-refractivity contribution in [3.8, 4) is 23.0 Å². The minimum atomic E-state index is -0.464. The van der Waals surface area contributed by atoms with Crippen molar-refractivity contribution in [2.24, 2.45) is 0 Å². The molecule has 0 radical (unpaired) electrons. The number of ether oxygens (including phenoxy) is 2. The van der Waals surface area contributed by atoms with Crippen molar-refractivity contribution in [3.63, 3.8) is 0 Å². The van der Waals surface area contributed by atoms with Crippen LogP contribution in [0, 0.1) is 5.82 Å². The van der Waals surface area contributed by atoms with Gasteiger partial charge in [0.2, 0.25) is 5.89 Å². The molecule has 8 heteroatoms.